The summed E-state index contributed by atoms with van der Waals surface area (Å²) in [5.41, 5.74) is 6.93. The minimum Gasteiger partial charge on any atom is -0.494 e. The van der Waals surface area contributed by atoms with Crippen molar-refractivity contribution >= 4 is 23.4 Å². The number of ether oxygens (including phenoxy) is 3. The maximum Gasteiger partial charge on any atom is 0.490 e. The third-order valence-electron chi connectivity index (χ3n) is 7.15. The van der Waals surface area contributed by atoms with Gasteiger partial charge < -0.3 is 35.3 Å². The Balaban J connectivity index is 0.000000908. The van der Waals surface area contributed by atoms with Gasteiger partial charge in [-0.15, -0.1) is 5.10 Å². The summed E-state index contributed by atoms with van der Waals surface area (Å²) in [4.78, 5) is 39.1. The second-order valence-corrected chi connectivity index (χ2v) is 11.8. The van der Waals surface area contributed by atoms with Crippen LogP contribution in [0.4, 0.5) is 18.9 Å². The molecule has 274 valence electrons. The molecule has 6 N–H and O–H groups in total. The molecule has 0 aliphatic carbocycles. The van der Waals surface area contributed by atoms with Crippen molar-refractivity contribution in [1.29, 1.82) is 5.41 Å². The second-order valence-electron chi connectivity index (χ2n) is 11.8. The molecule has 4 rings (SSSR count). The van der Waals surface area contributed by atoms with Gasteiger partial charge in [0.25, 0.3) is 0 Å². The molecule has 14 nitrogen and oxygen atoms in total. The number of benzene rings is 3. The number of H-pyrrole nitrogens is 1. The number of aromatic nitrogens is 3. The summed E-state index contributed by atoms with van der Waals surface area (Å²) in [7, 11) is 4.96. The van der Waals surface area contributed by atoms with Crippen LogP contribution in [0.25, 0.3) is 5.69 Å². The molecule has 1 amide bonds. The summed E-state index contributed by atoms with van der Waals surface area (Å²) in [6.45, 7) is 6.05. The van der Waals surface area contributed by atoms with Crippen LogP contribution in [0.1, 0.15) is 43.8 Å². The molecule has 1 aromatic heterocycles. The first-order valence-electron chi connectivity index (χ1n) is 15.3. The van der Waals surface area contributed by atoms with Crippen LogP contribution in [-0.2, 0) is 9.59 Å². The quantitative estimate of drug-likeness (QED) is 0.0965. The number of nitrogens with one attached hydrogen (secondary N) is 3. The molecule has 0 saturated carbocycles. The van der Waals surface area contributed by atoms with Gasteiger partial charge in [0.15, 0.2) is 17.3 Å². The van der Waals surface area contributed by atoms with Gasteiger partial charge in [-0.2, -0.15) is 17.9 Å². The fraction of sp³-hybridized carbons (Fsp3) is 0.324. The number of para-hydroxylation sites is 2. The average Bonchev–Trinajstić information content (AvgIpc) is 3.47. The highest BCUT2D eigenvalue weighted by molar-refractivity contribution is 5.95. The van der Waals surface area contributed by atoms with Gasteiger partial charge in [-0.05, 0) is 74.9 Å². The molecule has 0 radical (unpaired) electrons. The van der Waals surface area contributed by atoms with Gasteiger partial charge >= 0.3 is 17.8 Å². The lowest BCUT2D eigenvalue weighted by Crippen LogP contribution is -2.40. The molecule has 51 heavy (non-hydrogen) atoms. The zero-order valence-electron chi connectivity index (χ0n) is 28.8. The summed E-state index contributed by atoms with van der Waals surface area (Å²) in [6.07, 6.45) is -5.08. The van der Waals surface area contributed by atoms with Crippen LogP contribution in [0.15, 0.2) is 71.5 Å². The summed E-state index contributed by atoms with van der Waals surface area (Å²) in [6, 6.07) is 19.0. The molecule has 0 spiro atoms. The number of carboxylic acid groups (broad SMARTS) is 1. The van der Waals surface area contributed by atoms with Crippen LogP contribution in [0.3, 0.4) is 0 Å². The van der Waals surface area contributed by atoms with Gasteiger partial charge in [0, 0.05) is 25.3 Å². The number of nitrogens with two attached hydrogens (primary N) is 1. The van der Waals surface area contributed by atoms with Crippen molar-refractivity contribution in [2.75, 3.05) is 39.7 Å². The Labute approximate surface area is 291 Å². The van der Waals surface area contributed by atoms with Crippen molar-refractivity contribution in [2.24, 2.45) is 11.1 Å². The minimum absolute atomic E-state index is 0.0413. The zero-order chi connectivity index (χ0) is 38.1. The Morgan fingerprint density at radius 2 is 1.67 bits per heavy atom. The number of halogens is 3. The number of methoxy groups -OCH3 is 1. The van der Waals surface area contributed by atoms with E-state index in [4.69, 9.17) is 35.3 Å². The topological polar surface area (TPSA) is 198 Å². The number of carbonyl (C=O) groups is 2. The van der Waals surface area contributed by atoms with Gasteiger partial charge in [-0.25, -0.2) is 9.59 Å². The molecule has 0 saturated heterocycles. The number of amidine groups is 1. The third-order valence-corrected chi connectivity index (χ3v) is 7.15. The molecule has 0 aliphatic heterocycles. The molecule has 17 heteroatoms. The number of carbonyl (C=O) groups excluding carboxylic acids is 1. The number of anilines is 1. The number of nitrogen functional groups attached to an aromatic ring is 1. The van der Waals surface area contributed by atoms with Crippen molar-refractivity contribution in [3.8, 4) is 22.9 Å². The number of aliphatic carboxylic acids is 1. The standard InChI is InChI=1S/C32H39N7O5.C2HF3O2/c1-7-43-26-18-21(14-17-25(26)44-19-32(2,3)30(40)38(4)5)27(35-22-15-12-20(13-16-22)28(33)34)29-36-31(41)39(37-29)23-10-8-9-11-24(23)42-6;3-2(4,5)1(6)7/h8-18,27,35H,7,19H2,1-6H3,(H3,33,34)(H,36,37,41);(H,6,7). The molecule has 1 heterocycles. The van der Waals surface area contributed by atoms with E-state index in [2.05, 4.69) is 15.4 Å². The van der Waals surface area contributed by atoms with E-state index >= 15 is 0 Å². The SMILES string of the molecule is CCOc1cc(C(Nc2ccc(C(=N)N)cc2)c2nn(-c3ccccc3OC)c(=O)[nH]2)ccc1OCC(C)(C)C(=O)N(C)C.O=C(O)C(F)(F)F. The van der Waals surface area contributed by atoms with E-state index in [0.717, 1.165) is 5.56 Å². The Hall–Kier alpha value is -6.00. The fourth-order valence-corrected chi connectivity index (χ4v) is 4.68. The van der Waals surface area contributed by atoms with E-state index in [9.17, 15) is 22.8 Å². The van der Waals surface area contributed by atoms with Crippen LogP contribution in [0, 0.1) is 10.8 Å². The van der Waals surface area contributed by atoms with Crippen molar-refractivity contribution in [2.45, 2.75) is 33.0 Å². The Kier molecular flexibility index (Phi) is 12.8. The van der Waals surface area contributed by atoms with E-state index in [1.807, 2.05) is 39.0 Å². The van der Waals surface area contributed by atoms with Gasteiger partial charge in [-0.1, -0.05) is 18.2 Å². The molecule has 0 fully saturated rings. The fourth-order valence-electron chi connectivity index (χ4n) is 4.68. The minimum atomic E-state index is -5.08. The number of hydrogen-bond acceptors (Lipinski definition) is 9. The predicted octanol–water partition coefficient (Wildman–Crippen LogP) is 4.58. The third kappa shape index (κ3) is 10.3. The number of alkyl halides is 3. The first-order valence-corrected chi connectivity index (χ1v) is 15.3. The van der Waals surface area contributed by atoms with Crippen molar-refractivity contribution in [3.63, 3.8) is 0 Å². The van der Waals surface area contributed by atoms with E-state index in [1.165, 1.54) is 11.8 Å². The van der Waals surface area contributed by atoms with Gasteiger partial charge in [0.1, 0.15) is 29.9 Å². The second kappa shape index (κ2) is 16.6. The lowest BCUT2D eigenvalue weighted by atomic mass is 9.93. The monoisotopic (exact) mass is 715 g/mol. The Bertz CT molecular complexity index is 1890. The average molecular weight is 716 g/mol. The maximum absolute atomic E-state index is 13.2. The van der Waals surface area contributed by atoms with Gasteiger partial charge in [0.05, 0.1) is 19.1 Å². The largest absolute Gasteiger partial charge is 0.494 e. The smallest absolute Gasteiger partial charge is 0.490 e. The first kappa shape index (κ1) is 39.4. The first-order chi connectivity index (χ1) is 23.9. The lowest BCUT2D eigenvalue weighted by Gasteiger charge is -2.27. The number of hydrogen-bond donors (Lipinski definition) is 5. The molecule has 4 aromatic rings. The van der Waals surface area contributed by atoms with E-state index in [1.54, 1.807) is 67.5 Å². The molecular formula is C34H40F3N7O7. The van der Waals surface area contributed by atoms with E-state index in [-0.39, 0.29) is 18.3 Å². The van der Waals surface area contributed by atoms with Crippen molar-refractivity contribution < 1.29 is 42.1 Å². The molecule has 0 aliphatic rings. The lowest BCUT2D eigenvalue weighted by molar-refractivity contribution is -0.192. The van der Waals surface area contributed by atoms with E-state index in [0.29, 0.717) is 46.6 Å². The number of nitrogens with zero attached hydrogens (tertiary/aromatic N) is 3. The predicted molar refractivity (Wildman–Crippen MR) is 183 cm³/mol. The summed E-state index contributed by atoms with van der Waals surface area (Å²) < 4.78 is 50.5. The molecule has 3 aromatic carbocycles. The summed E-state index contributed by atoms with van der Waals surface area (Å²) in [5, 5.41) is 22.9. The van der Waals surface area contributed by atoms with Crippen LogP contribution in [-0.4, -0.2) is 83.1 Å². The maximum atomic E-state index is 13.2. The summed E-state index contributed by atoms with van der Waals surface area (Å²) in [5.74, 6) is -1.07. The highest BCUT2D eigenvalue weighted by Gasteiger charge is 2.38. The van der Waals surface area contributed by atoms with Crippen LogP contribution < -0.4 is 31.0 Å². The number of amides is 1. The highest BCUT2D eigenvalue weighted by Crippen LogP contribution is 2.35. The Morgan fingerprint density at radius 1 is 1.04 bits per heavy atom. The Morgan fingerprint density at radius 3 is 2.22 bits per heavy atom. The number of aromatic amines is 1. The van der Waals surface area contributed by atoms with Crippen molar-refractivity contribution in [3.05, 3.63) is 94.2 Å². The summed E-state index contributed by atoms with van der Waals surface area (Å²) >= 11 is 0. The molecular weight excluding hydrogens is 675 g/mol. The van der Waals surface area contributed by atoms with E-state index < -0.39 is 29.3 Å². The van der Waals surface area contributed by atoms with Gasteiger partial charge in [0.2, 0.25) is 5.91 Å². The van der Waals surface area contributed by atoms with Gasteiger partial charge in [-0.3, -0.25) is 15.2 Å². The number of carboxylic acids is 1. The highest BCUT2D eigenvalue weighted by atomic mass is 19.4. The molecule has 1 unspecified atom stereocenters. The van der Waals surface area contributed by atoms with Crippen molar-refractivity contribution in [1.82, 2.24) is 19.7 Å². The molecule has 1 atom stereocenters. The zero-order valence-corrected chi connectivity index (χ0v) is 28.8. The molecule has 0 bridgehead atoms. The van der Waals surface area contributed by atoms with Crippen LogP contribution in [0.5, 0.6) is 17.2 Å². The van der Waals surface area contributed by atoms with Crippen LogP contribution >= 0.6 is 0 Å². The van der Waals surface area contributed by atoms with Crippen LogP contribution in [0.2, 0.25) is 0 Å². The number of rotatable bonds is 13. The normalized spacial score (nSPS) is 11.8.